The van der Waals surface area contributed by atoms with Crippen molar-refractivity contribution in [2.45, 2.75) is 19.5 Å². The minimum atomic E-state index is -0.798. The van der Waals surface area contributed by atoms with Gasteiger partial charge in [-0.2, -0.15) is 0 Å². The van der Waals surface area contributed by atoms with E-state index in [1.807, 2.05) is 25.1 Å². The van der Waals surface area contributed by atoms with Gasteiger partial charge in [0.05, 0.1) is 0 Å². The zero-order chi connectivity index (χ0) is 9.42. The third-order valence-corrected chi connectivity index (χ3v) is 2.45. The summed E-state index contributed by atoms with van der Waals surface area (Å²) in [7, 11) is 0. The molecule has 1 atom stereocenters. The van der Waals surface area contributed by atoms with E-state index in [9.17, 15) is 4.79 Å². The fourth-order valence-corrected chi connectivity index (χ4v) is 1.83. The maximum absolute atomic E-state index is 10.9. The largest absolute Gasteiger partial charge is 0.480 e. The normalized spacial score (nSPS) is 19.9. The molecule has 3 heteroatoms. The molecule has 0 saturated carbocycles. The van der Waals surface area contributed by atoms with Gasteiger partial charge in [-0.1, -0.05) is 18.2 Å². The molecule has 0 bridgehead atoms. The van der Waals surface area contributed by atoms with Crippen molar-refractivity contribution in [2.75, 3.05) is 0 Å². The number of nitrogens with one attached hydrogen (secondary N) is 1. The molecule has 0 saturated heterocycles. The maximum atomic E-state index is 10.9. The first kappa shape index (κ1) is 8.26. The fourth-order valence-electron chi connectivity index (χ4n) is 1.83. The van der Waals surface area contributed by atoms with Crippen molar-refractivity contribution in [1.82, 2.24) is 5.32 Å². The molecule has 1 aromatic carbocycles. The van der Waals surface area contributed by atoms with E-state index in [4.69, 9.17) is 5.11 Å². The van der Waals surface area contributed by atoms with E-state index in [1.54, 1.807) is 0 Å². The van der Waals surface area contributed by atoms with E-state index in [0.29, 0.717) is 6.54 Å². The SMILES string of the molecule is Cc1cccc2c1C(C(=O)O)NC2. The second kappa shape index (κ2) is 2.85. The van der Waals surface area contributed by atoms with E-state index >= 15 is 0 Å². The van der Waals surface area contributed by atoms with Crippen LogP contribution in [0.15, 0.2) is 18.2 Å². The van der Waals surface area contributed by atoms with Crippen LogP contribution < -0.4 is 5.32 Å². The molecule has 1 aliphatic heterocycles. The molecule has 0 spiro atoms. The number of carboxylic acid groups (broad SMARTS) is 1. The van der Waals surface area contributed by atoms with Crippen LogP contribution in [0.2, 0.25) is 0 Å². The standard InChI is InChI=1S/C10H11NO2/c1-6-3-2-4-7-5-11-9(8(6)7)10(12)13/h2-4,9,11H,5H2,1H3,(H,12,13). The van der Waals surface area contributed by atoms with E-state index < -0.39 is 12.0 Å². The summed E-state index contributed by atoms with van der Waals surface area (Å²) in [6, 6.07) is 5.36. The van der Waals surface area contributed by atoms with Crippen LogP contribution in [0.4, 0.5) is 0 Å². The highest BCUT2D eigenvalue weighted by Gasteiger charge is 2.28. The maximum Gasteiger partial charge on any atom is 0.325 e. The van der Waals surface area contributed by atoms with Gasteiger partial charge in [0.1, 0.15) is 6.04 Å². The van der Waals surface area contributed by atoms with Gasteiger partial charge < -0.3 is 5.11 Å². The summed E-state index contributed by atoms with van der Waals surface area (Å²) in [5.41, 5.74) is 3.09. The van der Waals surface area contributed by atoms with Crippen LogP contribution in [0.5, 0.6) is 0 Å². The van der Waals surface area contributed by atoms with Gasteiger partial charge in [0.25, 0.3) is 0 Å². The fraction of sp³-hybridized carbons (Fsp3) is 0.300. The lowest BCUT2D eigenvalue weighted by Gasteiger charge is -2.08. The molecule has 3 nitrogen and oxygen atoms in total. The number of aliphatic carboxylic acids is 1. The molecule has 13 heavy (non-hydrogen) atoms. The molecule has 1 aliphatic rings. The Bertz CT molecular complexity index is 360. The number of hydrogen-bond donors (Lipinski definition) is 2. The highest BCUT2D eigenvalue weighted by Crippen LogP contribution is 2.28. The van der Waals surface area contributed by atoms with Gasteiger partial charge in [-0.05, 0) is 23.6 Å². The third kappa shape index (κ3) is 1.21. The predicted octanol–water partition coefficient (Wildman–Crippen LogP) is 1.22. The molecule has 1 unspecified atom stereocenters. The van der Waals surface area contributed by atoms with Crippen molar-refractivity contribution >= 4 is 5.97 Å². The molecular formula is C10H11NO2. The molecule has 0 fully saturated rings. The topological polar surface area (TPSA) is 49.3 Å². The Balaban J connectivity index is 2.52. The van der Waals surface area contributed by atoms with Crippen LogP contribution in [0.1, 0.15) is 22.7 Å². The lowest BCUT2D eigenvalue weighted by Crippen LogP contribution is -2.21. The van der Waals surface area contributed by atoms with Gasteiger partial charge in [-0.15, -0.1) is 0 Å². The Hall–Kier alpha value is -1.35. The van der Waals surface area contributed by atoms with E-state index in [0.717, 1.165) is 16.7 Å². The zero-order valence-electron chi connectivity index (χ0n) is 7.37. The number of benzene rings is 1. The van der Waals surface area contributed by atoms with Gasteiger partial charge >= 0.3 is 5.97 Å². The van der Waals surface area contributed by atoms with Crippen LogP contribution in [0, 0.1) is 6.92 Å². The first-order chi connectivity index (χ1) is 6.20. The Morgan fingerprint density at radius 2 is 2.38 bits per heavy atom. The van der Waals surface area contributed by atoms with Crippen molar-refractivity contribution in [1.29, 1.82) is 0 Å². The molecule has 68 valence electrons. The van der Waals surface area contributed by atoms with Crippen LogP contribution in [-0.2, 0) is 11.3 Å². The highest BCUT2D eigenvalue weighted by atomic mass is 16.4. The van der Waals surface area contributed by atoms with Gasteiger partial charge in [-0.3, -0.25) is 10.1 Å². The summed E-state index contributed by atoms with van der Waals surface area (Å²) in [6.07, 6.45) is 0. The average molecular weight is 177 g/mol. The Labute approximate surface area is 76.4 Å². The summed E-state index contributed by atoms with van der Waals surface area (Å²) in [5.74, 6) is -0.798. The smallest absolute Gasteiger partial charge is 0.325 e. The number of rotatable bonds is 1. The van der Waals surface area contributed by atoms with E-state index in [1.165, 1.54) is 0 Å². The van der Waals surface area contributed by atoms with Crippen molar-refractivity contribution in [3.8, 4) is 0 Å². The molecule has 1 aromatic rings. The second-order valence-electron chi connectivity index (χ2n) is 3.30. The Kier molecular flexibility index (Phi) is 1.81. The van der Waals surface area contributed by atoms with Crippen LogP contribution >= 0.6 is 0 Å². The Morgan fingerprint density at radius 1 is 1.62 bits per heavy atom. The summed E-state index contributed by atoms with van der Waals surface area (Å²) < 4.78 is 0. The van der Waals surface area contributed by atoms with Crippen molar-refractivity contribution < 1.29 is 9.90 Å². The number of carboxylic acids is 1. The number of carbonyl (C=O) groups is 1. The third-order valence-electron chi connectivity index (χ3n) is 2.45. The monoisotopic (exact) mass is 177 g/mol. The second-order valence-corrected chi connectivity index (χ2v) is 3.30. The quantitative estimate of drug-likeness (QED) is 0.678. The average Bonchev–Trinajstić information content (AvgIpc) is 2.49. The highest BCUT2D eigenvalue weighted by molar-refractivity contribution is 5.77. The van der Waals surface area contributed by atoms with Crippen LogP contribution in [-0.4, -0.2) is 11.1 Å². The molecule has 0 amide bonds. The minimum Gasteiger partial charge on any atom is -0.480 e. The number of aryl methyl sites for hydroxylation is 1. The molecule has 0 radical (unpaired) electrons. The lowest BCUT2D eigenvalue weighted by molar-refractivity contribution is -0.139. The molecule has 0 aromatic heterocycles. The predicted molar refractivity (Wildman–Crippen MR) is 48.4 cm³/mol. The van der Waals surface area contributed by atoms with Crippen molar-refractivity contribution in [2.24, 2.45) is 0 Å². The van der Waals surface area contributed by atoms with E-state index in [-0.39, 0.29) is 0 Å². The Morgan fingerprint density at radius 3 is 3.08 bits per heavy atom. The zero-order valence-corrected chi connectivity index (χ0v) is 7.37. The first-order valence-corrected chi connectivity index (χ1v) is 4.24. The van der Waals surface area contributed by atoms with E-state index in [2.05, 4.69) is 5.32 Å². The molecule has 1 heterocycles. The molecule has 0 aliphatic carbocycles. The number of fused-ring (bicyclic) bond motifs is 1. The minimum absolute atomic E-state index is 0.517. The van der Waals surface area contributed by atoms with Crippen molar-refractivity contribution in [3.63, 3.8) is 0 Å². The van der Waals surface area contributed by atoms with Crippen LogP contribution in [0.3, 0.4) is 0 Å². The summed E-state index contributed by atoms with van der Waals surface area (Å²) >= 11 is 0. The molecular weight excluding hydrogens is 166 g/mol. The number of hydrogen-bond acceptors (Lipinski definition) is 2. The van der Waals surface area contributed by atoms with Gasteiger partial charge in [-0.25, -0.2) is 0 Å². The molecule has 2 rings (SSSR count). The van der Waals surface area contributed by atoms with Crippen LogP contribution in [0.25, 0.3) is 0 Å². The molecule has 2 N–H and O–H groups in total. The lowest BCUT2D eigenvalue weighted by atomic mass is 10.00. The van der Waals surface area contributed by atoms with Gasteiger partial charge in [0.15, 0.2) is 0 Å². The first-order valence-electron chi connectivity index (χ1n) is 4.24. The van der Waals surface area contributed by atoms with Crippen molar-refractivity contribution in [3.05, 3.63) is 34.9 Å². The van der Waals surface area contributed by atoms with Gasteiger partial charge in [0, 0.05) is 6.54 Å². The summed E-state index contributed by atoms with van der Waals surface area (Å²) in [4.78, 5) is 10.9. The van der Waals surface area contributed by atoms with Gasteiger partial charge in [0.2, 0.25) is 0 Å². The summed E-state index contributed by atoms with van der Waals surface area (Å²) in [6.45, 7) is 2.61. The summed E-state index contributed by atoms with van der Waals surface area (Å²) in [5, 5.41) is 11.9.